The van der Waals surface area contributed by atoms with Gasteiger partial charge in [-0.1, -0.05) is 19.1 Å². The predicted octanol–water partition coefficient (Wildman–Crippen LogP) is 2.25. The van der Waals surface area contributed by atoms with Gasteiger partial charge in [0.1, 0.15) is 5.75 Å². The highest BCUT2D eigenvalue weighted by atomic mass is 32.2. The molecule has 1 unspecified atom stereocenters. The lowest BCUT2D eigenvalue weighted by atomic mass is 10.1. The molecule has 0 fully saturated rings. The van der Waals surface area contributed by atoms with Crippen LogP contribution in [0.3, 0.4) is 0 Å². The number of thioether (sulfide) groups is 1. The minimum atomic E-state index is -0.189. The van der Waals surface area contributed by atoms with Crippen molar-refractivity contribution in [3.8, 4) is 5.75 Å². The molecule has 0 bridgehead atoms. The van der Waals surface area contributed by atoms with Gasteiger partial charge in [-0.15, -0.1) is 11.8 Å². The van der Waals surface area contributed by atoms with E-state index < -0.39 is 0 Å². The SMILES string of the molecule is CCNC(CSCC(=O)OC)c1cccc(OC)c1. The first kappa shape index (κ1) is 15.9. The topological polar surface area (TPSA) is 47.6 Å². The van der Waals surface area contributed by atoms with Gasteiger partial charge in [0.05, 0.1) is 20.0 Å². The molecule has 0 saturated carbocycles. The van der Waals surface area contributed by atoms with Gasteiger partial charge in [-0.25, -0.2) is 0 Å². The van der Waals surface area contributed by atoms with E-state index in [2.05, 4.69) is 23.0 Å². The number of methoxy groups -OCH3 is 2. The zero-order valence-corrected chi connectivity index (χ0v) is 12.5. The third-order valence-electron chi connectivity index (χ3n) is 2.68. The highest BCUT2D eigenvalue weighted by molar-refractivity contribution is 7.99. The maximum atomic E-state index is 11.1. The highest BCUT2D eigenvalue weighted by Gasteiger charge is 2.12. The molecular formula is C14H21NO3S. The van der Waals surface area contributed by atoms with Crippen LogP contribution in [-0.4, -0.2) is 38.2 Å². The summed E-state index contributed by atoms with van der Waals surface area (Å²) in [7, 11) is 3.07. The van der Waals surface area contributed by atoms with Crippen LogP contribution in [0.5, 0.6) is 5.75 Å². The quantitative estimate of drug-likeness (QED) is 0.742. The van der Waals surface area contributed by atoms with Gasteiger partial charge < -0.3 is 14.8 Å². The van der Waals surface area contributed by atoms with Crippen molar-refractivity contribution in [1.82, 2.24) is 5.32 Å². The number of carbonyl (C=O) groups excluding carboxylic acids is 1. The van der Waals surface area contributed by atoms with Crippen molar-refractivity contribution in [2.75, 3.05) is 32.3 Å². The van der Waals surface area contributed by atoms with Crippen molar-refractivity contribution in [3.63, 3.8) is 0 Å². The molecule has 1 aromatic carbocycles. The molecule has 0 aliphatic rings. The summed E-state index contributed by atoms with van der Waals surface area (Å²) in [6.45, 7) is 2.94. The molecule has 1 atom stereocenters. The van der Waals surface area contributed by atoms with E-state index in [1.165, 1.54) is 12.7 Å². The largest absolute Gasteiger partial charge is 0.497 e. The molecule has 106 valence electrons. The van der Waals surface area contributed by atoms with Crippen LogP contribution in [0.1, 0.15) is 18.5 Å². The van der Waals surface area contributed by atoms with Crippen molar-refractivity contribution in [2.24, 2.45) is 0 Å². The van der Waals surface area contributed by atoms with Crippen molar-refractivity contribution < 1.29 is 14.3 Å². The molecule has 0 spiro atoms. The summed E-state index contributed by atoms with van der Waals surface area (Å²) in [5.74, 6) is 1.85. The summed E-state index contributed by atoms with van der Waals surface area (Å²) in [5, 5.41) is 3.41. The number of carbonyl (C=O) groups is 1. The van der Waals surface area contributed by atoms with Crippen LogP contribution in [0.15, 0.2) is 24.3 Å². The van der Waals surface area contributed by atoms with E-state index in [4.69, 9.17) is 4.74 Å². The van der Waals surface area contributed by atoms with Crippen LogP contribution in [0.25, 0.3) is 0 Å². The molecule has 1 rings (SSSR count). The van der Waals surface area contributed by atoms with Gasteiger partial charge in [0, 0.05) is 11.8 Å². The molecule has 0 aliphatic carbocycles. The van der Waals surface area contributed by atoms with Crippen LogP contribution in [0.2, 0.25) is 0 Å². The number of ether oxygens (including phenoxy) is 2. The number of rotatable bonds is 8. The zero-order valence-electron chi connectivity index (χ0n) is 11.6. The lowest BCUT2D eigenvalue weighted by molar-refractivity contribution is -0.137. The second-order valence-corrected chi connectivity index (χ2v) is 5.01. The minimum absolute atomic E-state index is 0.189. The summed E-state index contributed by atoms with van der Waals surface area (Å²) in [5.41, 5.74) is 1.17. The minimum Gasteiger partial charge on any atom is -0.497 e. The Kier molecular flexibility index (Phi) is 7.36. The standard InChI is InChI=1S/C14H21NO3S/c1-4-15-13(9-19-10-14(16)18-3)11-6-5-7-12(8-11)17-2/h5-8,13,15H,4,9-10H2,1-3H3. The average molecular weight is 283 g/mol. The van der Waals surface area contributed by atoms with E-state index in [1.807, 2.05) is 18.2 Å². The van der Waals surface area contributed by atoms with E-state index in [-0.39, 0.29) is 12.0 Å². The van der Waals surface area contributed by atoms with E-state index in [0.717, 1.165) is 18.0 Å². The normalized spacial score (nSPS) is 11.9. The first-order chi connectivity index (χ1) is 9.21. The zero-order chi connectivity index (χ0) is 14.1. The Morgan fingerprint density at radius 2 is 2.21 bits per heavy atom. The van der Waals surface area contributed by atoms with Crippen LogP contribution in [0.4, 0.5) is 0 Å². The molecule has 4 nitrogen and oxygen atoms in total. The monoisotopic (exact) mass is 283 g/mol. The fraction of sp³-hybridized carbons (Fsp3) is 0.500. The van der Waals surface area contributed by atoms with Gasteiger partial charge in [0.25, 0.3) is 0 Å². The van der Waals surface area contributed by atoms with Crippen molar-refractivity contribution in [3.05, 3.63) is 29.8 Å². The summed E-state index contributed by atoms with van der Waals surface area (Å²) in [4.78, 5) is 11.1. The Balaban J connectivity index is 2.62. The van der Waals surface area contributed by atoms with Gasteiger partial charge in [0.15, 0.2) is 0 Å². The summed E-state index contributed by atoms with van der Waals surface area (Å²) < 4.78 is 9.87. The van der Waals surface area contributed by atoms with Gasteiger partial charge in [-0.2, -0.15) is 0 Å². The van der Waals surface area contributed by atoms with Crippen LogP contribution < -0.4 is 10.1 Å². The lowest BCUT2D eigenvalue weighted by Crippen LogP contribution is -2.23. The molecule has 0 heterocycles. The van der Waals surface area contributed by atoms with Crippen molar-refractivity contribution in [2.45, 2.75) is 13.0 Å². The summed E-state index contributed by atoms with van der Waals surface area (Å²) in [6, 6.07) is 8.19. The molecule has 0 aromatic heterocycles. The first-order valence-electron chi connectivity index (χ1n) is 6.23. The molecule has 0 aliphatic heterocycles. The van der Waals surface area contributed by atoms with E-state index in [0.29, 0.717) is 5.75 Å². The molecule has 0 radical (unpaired) electrons. The maximum Gasteiger partial charge on any atom is 0.315 e. The van der Waals surface area contributed by atoms with Gasteiger partial charge >= 0.3 is 5.97 Å². The Morgan fingerprint density at radius 1 is 1.42 bits per heavy atom. The molecule has 0 saturated heterocycles. The summed E-state index contributed by atoms with van der Waals surface area (Å²) in [6.07, 6.45) is 0. The van der Waals surface area contributed by atoms with Gasteiger partial charge in [0.2, 0.25) is 0 Å². The third kappa shape index (κ3) is 5.53. The maximum absolute atomic E-state index is 11.1. The van der Waals surface area contributed by atoms with Crippen molar-refractivity contribution in [1.29, 1.82) is 0 Å². The Bertz CT molecular complexity index is 398. The second kappa shape index (κ2) is 8.82. The lowest BCUT2D eigenvalue weighted by Gasteiger charge is -2.18. The molecule has 1 N–H and O–H groups in total. The molecule has 19 heavy (non-hydrogen) atoms. The number of hydrogen-bond acceptors (Lipinski definition) is 5. The van der Waals surface area contributed by atoms with E-state index >= 15 is 0 Å². The molecule has 1 aromatic rings. The van der Waals surface area contributed by atoms with Gasteiger partial charge in [-0.05, 0) is 24.2 Å². The summed E-state index contributed by atoms with van der Waals surface area (Å²) >= 11 is 1.56. The van der Waals surface area contributed by atoms with Gasteiger partial charge in [-0.3, -0.25) is 4.79 Å². The number of hydrogen-bond donors (Lipinski definition) is 1. The van der Waals surface area contributed by atoms with Crippen molar-refractivity contribution >= 4 is 17.7 Å². The number of nitrogens with one attached hydrogen (secondary N) is 1. The average Bonchev–Trinajstić information content (AvgIpc) is 2.46. The Hall–Kier alpha value is -1.20. The molecule has 0 amide bonds. The van der Waals surface area contributed by atoms with Crippen LogP contribution in [0, 0.1) is 0 Å². The fourth-order valence-corrected chi connectivity index (χ4v) is 2.65. The number of benzene rings is 1. The van der Waals surface area contributed by atoms with E-state index in [1.54, 1.807) is 18.9 Å². The predicted molar refractivity (Wildman–Crippen MR) is 78.8 cm³/mol. The third-order valence-corrected chi connectivity index (χ3v) is 3.69. The highest BCUT2D eigenvalue weighted by Crippen LogP contribution is 2.22. The van der Waals surface area contributed by atoms with Crippen LogP contribution in [-0.2, 0) is 9.53 Å². The Morgan fingerprint density at radius 3 is 2.84 bits per heavy atom. The second-order valence-electron chi connectivity index (χ2n) is 3.98. The van der Waals surface area contributed by atoms with E-state index in [9.17, 15) is 4.79 Å². The molecule has 5 heteroatoms. The Labute approximate surface area is 118 Å². The van der Waals surface area contributed by atoms with Crippen LogP contribution >= 0.6 is 11.8 Å². The number of esters is 1. The first-order valence-corrected chi connectivity index (χ1v) is 7.38. The smallest absolute Gasteiger partial charge is 0.315 e. The fourth-order valence-electron chi connectivity index (χ4n) is 1.70. The molecular weight excluding hydrogens is 262 g/mol.